The third-order valence-corrected chi connectivity index (χ3v) is 2.94. The number of carbonyl (C=O) groups is 1. The topological polar surface area (TPSA) is 73.1 Å². The van der Waals surface area contributed by atoms with E-state index in [-0.39, 0.29) is 23.3 Å². The van der Waals surface area contributed by atoms with E-state index in [1.807, 2.05) is 26.8 Å². The molecule has 0 bridgehead atoms. The summed E-state index contributed by atoms with van der Waals surface area (Å²) in [5.41, 5.74) is 0.535. The maximum atomic E-state index is 12.0. The Hall–Kier alpha value is -2.02. The normalized spacial score (nSPS) is 11.9. The first-order chi connectivity index (χ1) is 8.49. The lowest BCUT2D eigenvalue weighted by molar-refractivity contribution is 0.0924. The van der Waals surface area contributed by atoms with Gasteiger partial charge in [-0.25, -0.2) is 0 Å². The standard InChI is InChI=1S/C14H18N2O2/c1-4-12(9(2)3)16-14(18)10-5-6-11(8-15)13(17)7-10/h5-7,9,12,17H,4H2,1-3H3,(H,16,18). The van der Waals surface area contributed by atoms with Crippen molar-refractivity contribution in [3.63, 3.8) is 0 Å². The summed E-state index contributed by atoms with van der Waals surface area (Å²) in [7, 11) is 0. The van der Waals surface area contributed by atoms with E-state index >= 15 is 0 Å². The van der Waals surface area contributed by atoms with Crippen LogP contribution in [0.5, 0.6) is 5.75 Å². The van der Waals surface area contributed by atoms with E-state index in [0.717, 1.165) is 6.42 Å². The summed E-state index contributed by atoms with van der Waals surface area (Å²) < 4.78 is 0. The molecule has 1 atom stereocenters. The van der Waals surface area contributed by atoms with E-state index in [0.29, 0.717) is 11.5 Å². The van der Waals surface area contributed by atoms with Crippen LogP contribution in [0.2, 0.25) is 0 Å². The number of amides is 1. The summed E-state index contributed by atoms with van der Waals surface area (Å²) in [6.07, 6.45) is 0.853. The lowest BCUT2D eigenvalue weighted by Gasteiger charge is -2.20. The molecule has 1 aromatic rings. The van der Waals surface area contributed by atoms with Crippen molar-refractivity contribution in [2.45, 2.75) is 33.2 Å². The third kappa shape index (κ3) is 3.24. The highest BCUT2D eigenvalue weighted by molar-refractivity contribution is 5.95. The average molecular weight is 246 g/mol. The molecule has 1 aromatic carbocycles. The monoisotopic (exact) mass is 246 g/mol. The predicted octanol–water partition coefficient (Wildman–Crippen LogP) is 2.43. The maximum Gasteiger partial charge on any atom is 0.251 e. The van der Waals surface area contributed by atoms with Crippen LogP contribution in [0.25, 0.3) is 0 Å². The van der Waals surface area contributed by atoms with E-state index < -0.39 is 0 Å². The molecule has 0 saturated carbocycles. The number of aromatic hydroxyl groups is 1. The molecule has 0 radical (unpaired) electrons. The summed E-state index contributed by atoms with van der Waals surface area (Å²) >= 11 is 0. The Morgan fingerprint density at radius 1 is 1.50 bits per heavy atom. The molecular weight excluding hydrogens is 228 g/mol. The second-order valence-corrected chi connectivity index (χ2v) is 4.58. The number of nitrogens with one attached hydrogen (secondary N) is 1. The van der Waals surface area contributed by atoms with E-state index in [1.165, 1.54) is 12.1 Å². The Labute approximate surface area is 107 Å². The van der Waals surface area contributed by atoms with Gasteiger partial charge in [0.05, 0.1) is 5.56 Å². The lowest BCUT2D eigenvalue weighted by atomic mass is 10.0. The van der Waals surface area contributed by atoms with Crippen molar-refractivity contribution in [1.29, 1.82) is 5.26 Å². The molecule has 4 nitrogen and oxygen atoms in total. The Bertz CT molecular complexity index is 475. The van der Waals surface area contributed by atoms with Crippen molar-refractivity contribution in [3.8, 4) is 11.8 Å². The first-order valence-electron chi connectivity index (χ1n) is 6.03. The molecule has 0 aliphatic rings. The van der Waals surface area contributed by atoms with Crippen LogP contribution in [-0.2, 0) is 0 Å². The summed E-state index contributed by atoms with van der Waals surface area (Å²) in [6.45, 7) is 6.11. The van der Waals surface area contributed by atoms with Crippen LogP contribution in [0.4, 0.5) is 0 Å². The van der Waals surface area contributed by atoms with Gasteiger partial charge in [-0.05, 0) is 30.5 Å². The van der Waals surface area contributed by atoms with Gasteiger partial charge in [-0.15, -0.1) is 0 Å². The number of benzene rings is 1. The van der Waals surface area contributed by atoms with Crippen LogP contribution in [0.3, 0.4) is 0 Å². The van der Waals surface area contributed by atoms with Crippen molar-refractivity contribution in [2.75, 3.05) is 0 Å². The van der Waals surface area contributed by atoms with Crippen LogP contribution in [0, 0.1) is 17.2 Å². The van der Waals surface area contributed by atoms with Gasteiger partial charge in [0.1, 0.15) is 11.8 Å². The fraction of sp³-hybridized carbons (Fsp3) is 0.429. The molecule has 96 valence electrons. The fourth-order valence-corrected chi connectivity index (χ4v) is 1.76. The van der Waals surface area contributed by atoms with Gasteiger partial charge in [0.15, 0.2) is 0 Å². The van der Waals surface area contributed by atoms with Crippen LogP contribution in [0.15, 0.2) is 18.2 Å². The first-order valence-corrected chi connectivity index (χ1v) is 6.03. The van der Waals surface area contributed by atoms with Gasteiger partial charge in [0, 0.05) is 11.6 Å². The van der Waals surface area contributed by atoms with E-state index in [1.54, 1.807) is 6.07 Å². The van der Waals surface area contributed by atoms with Crippen LogP contribution >= 0.6 is 0 Å². The minimum Gasteiger partial charge on any atom is -0.507 e. The Morgan fingerprint density at radius 2 is 2.17 bits per heavy atom. The van der Waals surface area contributed by atoms with Crippen molar-refractivity contribution in [3.05, 3.63) is 29.3 Å². The number of hydrogen-bond acceptors (Lipinski definition) is 3. The molecule has 18 heavy (non-hydrogen) atoms. The van der Waals surface area contributed by atoms with Crippen molar-refractivity contribution in [1.82, 2.24) is 5.32 Å². The molecule has 1 unspecified atom stereocenters. The SMILES string of the molecule is CCC(NC(=O)c1ccc(C#N)c(O)c1)C(C)C. The minimum absolute atomic E-state index is 0.107. The van der Waals surface area contributed by atoms with Gasteiger partial charge in [-0.1, -0.05) is 20.8 Å². The molecule has 4 heteroatoms. The smallest absolute Gasteiger partial charge is 0.251 e. The second-order valence-electron chi connectivity index (χ2n) is 4.58. The number of nitrogens with zero attached hydrogens (tertiary/aromatic N) is 1. The zero-order valence-electron chi connectivity index (χ0n) is 10.9. The molecule has 0 aliphatic heterocycles. The molecule has 1 amide bonds. The second kappa shape index (κ2) is 6.06. The summed E-state index contributed by atoms with van der Waals surface area (Å²) in [5, 5.41) is 21.1. The first kappa shape index (κ1) is 14.0. The largest absolute Gasteiger partial charge is 0.507 e. The Balaban J connectivity index is 2.85. The molecule has 0 saturated heterocycles. The number of phenolic OH excluding ortho intramolecular Hbond substituents is 1. The zero-order valence-corrected chi connectivity index (χ0v) is 10.9. The quantitative estimate of drug-likeness (QED) is 0.856. The highest BCUT2D eigenvalue weighted by atomic mass is 16.3. The molecule has 0 spiro atoms. The predicted molar refractivity (Wildman–Crippen MR) is 69.2 cm³/mol. The van der Waals surface area contributed by atoms with Gasteiger partial charge in [0.2, 0.25) is 0 Å². The zero-order chi connectivity index (χ0) is 13.7. The summed E-state index contributed by atoms with van der Waals surface area (Å²) in [4.78, 5) is 12.0. The van der Waals surface area contributed by atoms with Gasteiger partial charge in [-0.3, -0.25) is 4.79 Å². The summed E-state index contributed by atoms with van der Waals surface area (Å²) in [6, 6.07) is 6.26. The Kier molecular flexibility index (Phi) is 4.73. The summed E-state index contributed by atoms with van der Waals surface area (Å²) in [5.74, 6) is -0.0380. The van der Waals surface area contributed by atoms with E-state index in [4.69, 9.17) is 5.26 Å². The van der Waals surface area contributed by atoms with Gasteiger partial charge in [-0.2, -0.15) is 5.26 Å². The average Bonchev–Trinajstić information content (AvgIpc) is 2.35. The van der Waals surface area contributed by atoms with E-state index in [2.05, 4.69) is 5.32 Å². The minimum atomic E-state index is -0.227. The van der Waals surface area contributed by atoms with Crippen LogP contribution < -0.4 is 5.32 Å². The lowest BCUT2D eigenvalue weighted by Crippen LogP contribution is -2.37. The van der Waals surface area contributed by atoms with Crippen LogP contribution in [0.1, 0.15) is 43.1 Å². The fourth-order valence-electron chi connectivity index (χ4n) is 1.76. The highest BCUT2D eigenvalue weighted by Crippen LogP contribution is 2.18. The van der Waals surface area contributed by atoms with E-state index in [9.17, 15) is 9.90 Å². The molecule has 0 fully saturated rings. The van der Waals surface area contributed by atoms with Gasteiger partial charge in [0.25, 0.3) is 5.91 Å². The number of phenols is 1. The van der Waals surface area contributed by atoms with Crippen molar-refractivity contribution < 1.29 is 9.90 Å². The van der Waals surface area contributed by atoms with Gasteiger partial charge < -0.3 is 10.4 Å². The molecule has 1 rings (SSSR count). The third-order valence-electron chi connectivity index (χ3n) is 2.94. The molecule has 0 aliphatic carbocycles. The molecular formula is C14H18N2O2. The molecule has 0 aromatic heterocycles. The number of nitriles is 1. The van der Waals surface area contributed by atoms with Gasteiger partial charge >= 0.3 is 0 Å². The highest BCUT2D eigenvalue weighted by Gasteiger charge is 2.16. The van der Waals surface area contributed by atoms with Crippen molar-refractivity contribution in [2.24, 2.45) is 5.92 Å². The van der Waals surface area contributed by atoms with Crippen molar-refractivity contribution >= 4 is 5.91 Å². The molecule has 0 heterocycles. The number of rotatable bonds is 4. The Morgan fingerprint density at radius 3 is 2.61 bits per heavy atom. The number of carbonyl (C=O) groups excluding carboxylic acids is 1. The molecule has 2 N–H and O–H groups in total. The number of hydrogen-bond donors (Lipinski definition) is 2. The van der Waals surface area contributed by atoms with Crippen LogP contribution in [-0.4, -0.2) is 17.1 Å². The maximum absolute atomic E-state index is 12.0.